The first-order valence-electron chi connectivity index (χ1n) is 5.39. The van der Waals surface area contributed by atoms with Gasteiger partial charge >= 0.3 is 6.18 Å². The van der Waals surface area contributed by atoms with Crippen molar-refractivity contribution in [3.63, 3.8) is 0 Å². The van der Waals surface area contributed by atoms with Gasteiger partial charge in [-0.25, -0.2) is 4.98 Å². The van der Waals surface area contributed by atoms with Gasteiger partial charge in [0.2, 0.25) is 0 Å². The molecule has 19 heavy (non-hydrogen) atoms. The van der Waals surface area contributed by atoms with E-state index < -0.39 is 11.7 Å². The van der Waals surface area contributed by atoms with Crippen molar-refractivity contribution in [2.24, 2.45) is 0 Å². The summed E-state index contributed by atoms with van der Waals surface area (Å²) in [5.41, 5.74) is 2.22. The van der Waals surface area contributed by atoms with Gasteiger partial charge in [-0.15, -0.1) is 11.3 Å². The van der Waals surface area contributed by atoms with Crippen molar-refractivity contribution >= 4 is 33.0 Å². The SMILES string of the molecule is CC(Nc1ccc(Br)c(C(F)(F)F)c1)c1cscn1. The maximum absolute atomic E-state index is 12.8. The molecule has 1 aromatic carbocycles. The predicted molar refractivity (Wildman–Crippen MR) is 73.3 cm³/mol. The van der Waals surface area contributed by atoms with E-state index in [0.29, 0.717) is 5.69 Å². The number of thiazole rings is 1. The maximum atomic E-state index is 12.8. The summed E-state index contributed by atoms with van der Waals surface area (Å²) >= 11 is 4.36. The second-order valence-corrected chi connectivity index (χ2v) is 5.54. The van der Waals surface area contributed by atoms with E-state index in [1.54, 1.807) is 11.6 Å². The van der Waals surface area contributed by atoms with Gasteiger partial charge in [-0.2, -0.15) is 13.2 Å². The van der Waals surface area contributed by atoms with E-state index in [2.05, 4.69) is 26.2 Å². The molecule has 102 valence electrons. The number of alkyl halides is 3. The molecule has 1 N–H and O–H groups in total. The zero-order valence-electron chi connectivity index (χ0n) is 9.83. The van der Waals surface area contributed by atoms with E-state index in [0.717, 1.165) is 11.8 Å². The van der Waals surface area contributed by atoms with Gasteiger partial charge in [-0.05, 0) is 25.1 Å². The Morgan fingerprint density at radius 1 is 1.37 bits per heavy atom. The second-order valence-electron chi connectivity index (χ2n) is 3.97. The number of hydrogen-bond donors (Lipinski definition) is 1. The highest BCUT2D eigenvalue weighted by Gasteiger charge is 2.33. The molecule has 0 fully saturated rings. The summed E-state index contributed by atoms with van der Waals surface area (Å²) in [5, 5.41) is 4.87. The van der Waals surface area contributed by atoms with Gasteiger partial charge < -0.3 is 5.32 Å². The number of rotatable bonds is 3. The van der Waals surface area contributed by atoms with Gasteiger partial charge in [0.1, 0.15) is 0 Å². The fourth-order valence-electron chi connectivity index (χ4n) is 1.59. The lowest BCUT2D eigenvalue weighted by Gasteiger charge is -2.16. The summed E-state index contributed by atoms with van der Waals surface area (Å²) in [6.45, 7) is 1.85. The molecule has 1 atom stereocenters. The van der Waals surface area contributed by atoms with Crippen LogP contribution in [0.3, 0.4) is 0 Å². The van der Waals surface area contributed by atoms with Gasteiger partial charge in [0.15, 0.2) is 0 Å². The summed E-state index contributed by atoms with van der Waals surface area (Å²) in [6.07, 6.45) is -4.37. The lowest BCUT2D eigenvalue weighted by molar-refractivity contribution is -0.138. The first kappa shape index (κ1) is 14.3. The molecule has 0 saturated heterocycles. The topological polar surface area (TPSA) is 24.9 Å². The molecule has 0 radical (unpaired) electrons. The Balaban J connectivity index is 2.22. The fraction of sp³-hybridized carbons (Fsp3) is 0.250. The van der Waals surface area contributed by atoms with Crippen LogP contribution in [0, 0.1) is 0 Å². The molecule has 0 spiro atoms. The highest BCUT2D eigenvalue weighted by Crippen LogP contribution is 2.36. The average molecular weight is 351 g/mol. The maximum Gasteiger partial charge on any atom is 0.417 e. The number of nitrogens with one attached hydrogen (secondary N) is 1. The molecule has 0 aliphatic heterocycles. The molecule has 0 aliphatic carbocycles. The second kappa shape index (κ2) is 5.50. The minimum absolute atomic E-state index is 0.0341. The van der Waals surface area contributed by atoms with E-state index in [9.17, 15) is 13.2 Å². The normalized spacial score (nSPS) is 13.3. The molecule has 0 bridgehead atoms. The zero-order chi connectivity index (χ0) is 14.0. The highest BCUT2D eigenvalue weighted by molar-refractivity contribution is 9.10. The summed E-state index contributed by atoms with van der Waals surface area (Å²) in [6, 6.07) is 3.93. The quantitative estimate of drug-likeness (QED) is 0.833. The third-order valence-corrected chi connectivity index (χ3v) is 3.85. The van der Waals surface area contributed by atoms with E-state index in [-0.39, 0.29) is 10.5 Å². The van der Waals surface area contributed by atoms with E-state index in [1.165, 1.54) is 17.4 Å². The van der Waals surface area contributed by atoms with E-state index in [4.69, 9.17) is 0 Å². The van der Waals surface area contributed by atoms with Gasteiger partial charge in [0, 0.05) is 15.5 Å². The first-order chi connectivity index (χ1) is 8.88. The number of halogens is 4. The Kier molecular flexibility index (Phi) is 4.15. The number of nitrogens with zero attached hydrogens (tertiary/aromatic N) is 1. The van der Waals surface area contributed by atoms with Gasteiger partial charge in [-0.3, -0.25) is 0 Å². The monoisotopic (exact) mass is 350 g/mol. The molecule has 2 nitrogen and oxygen atoms in total. The zero-order valence-corrected chi connectivity index (χ0v) is 12.2. The molecule has 1 unspecified atom stereocenters. The Morgan fingerprint density at radius 3 is 2.68 bits per heavy atom. The van der Waals surface area contributed by atoms with E-state index in [1.807, 2.05) is 12.3 Å². The molecular weight excluding hydrogens is 341 g/mol. The third kappa shape index (κ3) is 3.48. The first-order valence-corrected chi connectivity index (χ1v) is 7.13. The minimum Gasteiger partial charge on any atom is -0.377 e. The van der Waals surface area contributed by atoms with Crippen LogP contribution in [0.1, 0.15) is 24.2 Å². The Morgan fingerprint density at radius 2 is 2.11 bits per heavy atom. The van der Waals surface area contributed by atoms with Crippen molar-refractivity contribution in [3.05, 3.63) is 44.8 Å². The molecular formula is C12H10BrF3N2S. The van der Waals surface area contributed by atoms with Gasteiger partial charge in [-0.1, -0.05) is 15.9 Å². The van der Waals surface area contributed by atoms with Crippen LogP contribution in [0.5, 0.6) is 0 Å². The van der Waals surface area contributed by atoms with Crippen LogP contribution < -0.4 is 5.32 Å². The predicted octanol–water partition coefficient (Wildman–Crippen LogP) is 5.10. The van der Waals surface area contributed by atoms with Crippen molar-refractivity contribution in [3.8, 4) is 0 Å². The van der Waals surface area contributed by atoms with Crippen LogP contribution in [0.4, 0.5) is 18.9 Å². The fourth-order valence-corrected chi connectivity index (χ4v) is 2.71. The van der Waals surface area contributed by atoms with Gasteiger partial charge in [0.05, 0.1) is 22.8 Å². The third-order valence-electron chi connectivity index (χ3n) is 2.55. The van der Waals surface area contributed by atoms with Crippen molar-refractivity contribution in [1.82, 2.24) is 4.98 Å². The Labute approximate surface area is 120 Å². The largest absolute Gasteiger partial charge is 0.417 e. The van der Waals surface area contributed by atoms with Crippen LogP contribution >= 0.6 is 27.3 Å². The van der Waals surface area contributed by atoms with Crippen molar-refractivity contribution in [1.29, 1.82) is 0 Å². The van der Waals surface area contributed by atoms with Gasteiger partial charge in [0.25, 0.3) is 0 Å². The van der Waals surface area contributed by atoms with Crippen LogP contribution in [-0.4, -0.2) is 4.98 Å². The molecule has 7 heteroatoms. The molecule has 1 heterocycles. The van der Waals surface area contributed by atoms with Crippen LogP contribution in [0.2, 0.25) is 0 Å². The number of benzene rings is 1. The molecule has 0 amide bonds. The minimum atomic E-state index is -4.37. The lowest BCUT2D eigenvalue weighted by Crippen LogP contribution is -2.10. The summed E-state index contributed by atoms with van der Waals surface area (Å²) in [5.74, 6) is 0. The van der Waals surface area contributed by atoms with Crippen LogP contribution in [0.25, 0.3) is 0 Å². The summed E-state index contributed by atoms with van der Waals surface area (Å²) in [7, 11) is 0. The highest BCUT2D eigenvalue weighted by atomic mass is 79.9. The van der Waals surface area contributed by atoms with Crippen molar-refractivity contribution < 1.29 is 13.2 Å². The summed E-state index contributed by atoms with van der Waals surface area (Å²) in [4.78, 5) is 4.13. The van der Waals surface area contributed by atoms with Crippen LogP contribution in [0.15, 0.2) is 33.6 Å². The molecule has 2 rings (SSSR count). The molecule has 0 saturated carbocycles. The number of aromatic nitrogens is 1. The smallest absolute Gasteiger partial charge is 0.377 e. The molecule has 1 aromatic heterocycles. The number of anilines is 1. The van der Waals surface area contributed by atoms with Crippen molar-refractivity contribution in [2.75, 3.05) is 5.32 Å². The van der Waals surface area contributed by atoms with Crippen LogP contribution in [-0.2, 0) is 6.18 Å². The Bertz CT molecular complexity index is 555. The number of hydrogen-bond acceptors (Lipinski definition) is 3. The Hall–Kier alpha value is -1.08. The average Bonchev–Trinajstić information content (AvgIpc) is 2.83. The lowest BCUT2D eigenvalue weighted by atomic mass is 10.1. The molecule has 2 aromatic rings. The summed E-state index contributed by atoms with van der Waals surface area (Å²) < 4.78 is 38.3. The van der Waals surface area contributed by atoms with Crippen molar-refractivity contribution in [2.45, 2.75) is 19.1 Å². The van der Waals surface area contributed by atoms with E-state index >= 15 is 0 Å². The standard InChI is InChI=1S/C12H10BrF3N2S/c1-7(11-5-19-6-17-11)18-8-2-3-10(13)9(4-8)12(14,15)16/h2-7,18H,1H3. The molecule has 0 aliphatic rings.